The van der Waals surface area contributed by atoms with E-state index in [1.54, 1.807) is 19.3 Å². The highest BCUT2D eigenvalue weighted by atomic mass is 16.5. The van der Waals surface area contributed by atoms with Crippen LogP contribution in [-0.2, 0) is 16.0 Å². The molecule has 1 saturated carbocycles. The van der Waals surface area contributed by atoms with Gasteiger partial charge in [0.1, 0.15) is 11.2 Å². The molecule has 4 heterocycles. The molecule has 0 spiro atoms. The molecule has 9 heteroatoms. The van der Waals surface area contributed by atoms with Gasteiger partial charge >= 0.3 is 0 Å². The average Bonchev–Trinajstić information content (AvgIpc) is 3.61. The van der Waals surface area contributed by atoms with E-state index in [1.165, 1.54) is 0 Å². The summed E-state index contributed by atoms with van der Waals surface area (Å²) in [6, 6.07) is 6.17. The van der Waals surface area contributed by atoms with Crippen LogP contribution >= 0.6 is 0 Å². The Bertz CT molecular complexity index is 1300. The van der Waals surface area contributed by atoms with Gasteiger partial charge in [0.25, 0.3) is 0 Å². The van der Waals surface area contributed by atoms with Crippen LogP contribution in [-0.4, -0.2) is 70.9 Å². The van der Waals surface area contributed by atoms with Gasteiger partial charge in [-0.05, 0) is 49.4 Å². The van der Waals surface area contributed by atoms with Crippen LogP contribution in [0, 0.1) is 23.7 Å². The molecule has 1 aliphatic carbocycles. The molecule has 1 aliphatic heterocycles. The Kier molecular flexibility index (Phi) is 6.57. The summed E-state index contributed by atoms with van der Waals surface area (Å²) in [5, 5.41) is 15.2. The smallest absolute Gasteiger partial charge is 0.228 e. The summed E-state index contributed by atoms with van der Waals surface area (Å²) >= 11 is 0. The summed E-state index contributed by atoms with van der Waals surface area (Å²) in [7, 11) is 3.91. The van der Waals surface area contributed by atoms with Gasteiger partial charge in [0.15, 0.2) is 11.6 Å². The topological polar surface area (TPSA) is 105 Å². The monoisotopic (exact) mass is 471 g/mol. The van der Waals surface area contributed by atoms with Crippen molar-refractivity contribution in [2.24, 2.45) is 11.8 Å². The van der Waals surface area contributed by atoms with Crippen LogP contribution in [0.2, 0.25) is 0 Å². The Balaban J connectivity index is 1.37. The van der Waals surface area contributed by atoms with E-state index in [4.69, 9.17) is 4.74 Å². The SMILES string of the molecule is CNc1ncc(C#Cc2ccc(CC3COCCN3C)cn2)c2cc(NC(=O)[C@H]3C[C@H]3C)nnc12. The average molecular weight is 472 g/mol. The van der Waals surface area contributed by atoms with E-state index < -0.39 is 0 Å². The van der Waals surface area contributed by atoms with E-state index in [1.807, 2.05) is 12.3 Å². The fourth-order valence-corrected chi connectivity index (χ4v) is 4.26. The Morgan fingerprint density at radius 2 is 2.09 bits per heavy atom. The predicted octanol–water partition coefficient (Wildman–Crippen LogP) is 2.33. The molecule has 9 nitrogen and oxygen atoms in total. The molecule has 5 rings (SSSR count). The zero-order valence-corrected chi connectivity index (χ0v) is 20.2. The van der Waals surface area contributed by atoms with Crippen molar-refractivity contribution < 1.29 is 9.53 Å². The predicted molar refractivity (Wildman–Crippen MR) is 134 cm³/mol. The van der Waals surface area contributed by atoms with Gasteiger partial charge in [0.2, 0.25) is 5.91 Å². The van der Waals surface area contributed by atoms with Crippen molar-refractivity contribution in [3.05, 3.63) is 47.4 Å². The van der Waals surface area contributed by atoms with Gasteiger partial charge in [-0.25, -0.2) is 9.97 Å². The number of carbonyl (C=O) groups is 1. The zero-order chi connectivity index (χ0) is 24.4. The molecule has 2 fully saturated rings. The number of morpholine rings is 1. The van der Waals surface area contributed by atoms with Crippen molar-refractivity contribution >= 4 is 28.4 Å². The van der Waals surface area contributed by atoms with Crippen LogP contribution < -0.4 is 10.6 Å². The Morgan fingerprint density at radius 3 is 2.80 bits per heavy atom. The number of carbonyl (C=O) groups excluding carboxylic acids is 1. The van der Waals surface area contributed by atoms with Crippen molar-refractivity contribution in [1.82, 2.24) is 25.1 Å². The number of ether oxygens (including phenoxy) is 1. The summed E-state index contributed by atoms with van der Waals surface area (Å²) in [6.45, 7) is 4.55. The number of nitrogens with one attached hydrogen (secondary N) is 2. The molecule has 0 bridgehead atoms. The van der Waals surface area contributed by atoms with Crippen LogP contribution in [0.4, 0.5) is 11.6 Å². The molecule has 180 valence electrons. The number of hydrogen-bond donors (Lipinski definition) is 2. The third kappa shape index (κ3) is 5.24. The standard InChI is InChI=1S/C26H29N7O2/c1-16-10-21(16)26(34)30-23-12-22-18(14-29-25(27-2)24(22)32-31-23)5-7-19-6-4-17(13-28-19)11-20-15-35-9-8-33(20)3/h4,6,12-14,16,20-21H,8-11,15H2,1-3H3,(H,27,29)(H,30,31,34)/t16-,20?,21+/m1/s1. The highest BCUT2D eigenvalue weighted by Gasteiger charge is 2.39. The van der Waals surface area contributed by atoms with Gasteiger partial charge in [0.05, 0.1) is 18.8 Å². The second-order valence-corrected chi connectivity index (χ2v) is 9.29. The van der Waals surface area contributed by atoms with Gasteiger partial charge in [-0.15, -0.1) is 10.2 Å². The lowest BCUT2D eigenvalue weighted by atomic mass is 10.1. The molecule has 1 saturated heterocycles. The molecule has 1 amide bonds. The fraction of sp³-hybridized carbons (Fsp3) is 0.423. The van der Waals surface area contributed by atoms with Crippen molar-refractivity contribution in [2.75, 3.05) is 44.5 Å². The maximum absolute atomic E-state index is 12.4. The quantitative estimate of drug-likeness (QED) is 0.547. The van der Waals surface area contributed by atoms with Crippen molar-refractivity contribution in [2.45, 2.75) is 25.8 Å². The number of anilines is 2. The first-order valence-corrected chi connectivity index (χ1v) is 11.9. The van der Waals surface area contributed by atoms with E-state index in [9.17, 15) is 4.79 Å². The van der Waals surface area contributed by atoms with Crippen LogP contribution in [0.25, 0.3) is 10.9 Å². The van der Waals surface area contributed by atoms with Gasteiger partial charge in [-0.1, -0.05) is 18.9 Å². The minimum atomic E-state index is -0.0167. The number of rotatable bonds is 5. The van der Waals surface area contributed by atoms with Crippen LogP contribution in [0.3, 0.4) is 0 Å². The second-order valence-electron chi connectivity index (χ2n) is 9.29. The lowest BCUT2D eigenvalue weighted by Gasteiger charge is -2.32. The lowest BCUT2D eigenvalue weighted by molar-refractivity contribution is -0.117. The minimum absolute atomic E-state index is 0.0167. The van der Waals surface area contributed by atoms with Crippen molar-refractivity contribution in [3.63, 3.8) is 0 Å². The number of likely N-dealkylation sites (N-methyl/N-ethyl adjacent to an activating group) is 1. The molecule has 2 N–H and O–H groups in total. The van der Waals surface area contributed by atoms with E-state index in [0.717, 1.165) is 43.5 Å². The first-order chi connectivity index (χ1) is 17.0. The molecular formula is C26H29N7O2. The largest absolute Gasteiger partial charge is 0.378 e. The molecule has 0 aromatic carbocycles. The Morgan fingerprint density at radius 1 is 1.23 bits per heavy atom. The molecule has 2 aliphatic rings. The number of nitrogens with zero attached hydrogens (tertiary/aromatic N) is 5. The highest BCUT2D eigenvalue weighted by molar-refractivity contribution is 5.97. The third-order valence-electron chi connectivity index (χ3n) is 6.71. The van der Waals surface area contributed by atoms with E-state index >= 15 is 0 Å². The molecular weight excluding hydrogens is 442 g/mol. The van der Waals surface area contributed by atoms with E-state index in [2.05, 4.69) is 67.6 Å². The summed E-state index contributed by atoms with van der Waals surface area (Å²) in [4.78, 5) is 23.7. The molecule has 35 heavy (non-hydrogen) atoms. The lowest BCUT2D eigenvalue weighted by Crippen LogP contribution is -2.43. The molecule has 3 aromatic rings. The highest BCUT2D eigenvalue weighted by Crippen LogP contribution is 2.38. The summed E-state index contributed by atoms with van der Waals surface area (Å²) in [5.41, 5.74) is 3.12. The Labute approximate surface area is 204 Å². The van der Waals surface area contributed by atoms with Crippen LogP contribution in [0.15, 0.2) is 30.6 Å². The van der Waals surface area contributed by atoms with Crippen LogP contribution in [0.1, 0.15) is 30.2 Å². The van der Waals surface area contributed by atoms with Crippen LogP contribution in [0.5, 0.6) is 0 Å². The number of aromatic nitrogens is 4. The first kappa shape index (κ1) is 23.1. The minimum Gasteiger partial charge on any atom is -0.378 e. The van der Waals surface area contributed by atoms with Gasteiger partial charge in [-0.3, -0.25) is 9.69 Å². The maximum Gasteiger partial charge on any atom is 0.228 e. The molecule has 0 radical (unpaired) electrons. The zero-order valence-electron chi connectivity index (χ0n) is 20.2. The maximum atomic E-state index is 12.4. The molecule has 3 atom stereocenters. The van der Waals surface area contributed by atoms with Crippen molar-refractivity contribution in [1.29, 1.82) is 0 Å². The normalized spacial score (nSPS) is 21.7. The number of amides is 1. The number of pyridine rings is 2. The summed E-state index contributed by atoms with van der Waals surface area (Å²) < 4.78 is 5.61. The van der Waals surface area contributed by atoms with Crippen molar-refractivity contribution in [3.8, 4) is 11.8 Å². The summed E-state index contributed by atoms with van der Waals surface area (Å²) in [5.74, 6) is 7.78. The van der Waals surface area contributed by atoms with E-state index in [-0.39, 0.29) is 11.8 Å². The van der Waals surface area contributed by atoms with Gasteiger partial charge < -0.3 is 15.4 Å². The summed E-state index contributed by atoms with van der Waals surface area (Å²) in [6.07, 6.45) is 5.38. The van der Waals surface area contributed by atoms with Gasteiger partial charge in [0, 0.05) is 43.3 Å². The number of hydrogen-bond acceptors (Lipinski definition) is 8. The fourth-order valence-electron chi connectivity index (χ4n) is 4.26. The molecule has 3 aromatic heterocycles. The Hall–Kier alpha value is -3.61. The third-order valence-corrected chi connectivity index (χ3v) is 6.71. The first-order valence-electron chi connectivity index (χ1n) is 11.9. The second kappa shape index (κ2) is 9.94. The molecule has 1 unspecified atom stereocenters. The van der Waals surface area contributed by atoms with Gasteiger partial charge in [-0.2, -0.15) is 0 Å². The van der Waals surface area contributed by atoms with E-state index in [0.29, 0.717) is 40.4 Å². The number of fused-ring (bicyclic) bond motifs is 1.